The molecule has 1 fully saturated rings. The van der Waals surface area contributed by atoms with Gasteiger partial charge in [0.2, 0.25) is 0 Å². The van der Waals surface area contributed by atoms with Gasteiger partial charge in [0.05, 0.1) is 22.2 Å². The van der Waals surface area contributed by atoms with Gasteiger partial charge in [0.15, 0.2) is 17.4 Å². The number of nitrogens with zero attached hydrogens (tertiary/aromatic N) is 4. The monoisotopic (exact) mass is 691 g/mol. The van der Waals surface area contributed by atoms with E-state index in [2.05, 4.69) is 44.0 Å². The number of amides is 2. The van der Waals surface area contributed by atoms with Crippen molar-refractivity contribution in [3.63, 3.8) is 0 Å². The number of nitrogens with one attached hydrogen (secondary N) is 2. The molecule has 1 aliphatic carbocycles. The topological polar surface area (TPSA) is 146 Å². The number of anilines is 2. The summed E-state index contributed by atoms with van der Waals surface area (Å²) in [6.45, 7) is 10.2. The first-order valence-electron chi connectivity index (χ1n) is 16.0. The molecule has 2 amide bonds. The van der Waals surface area contributed by atoms with Crippen LogP contribution in [0, 0.1) is 24.6 Å². The van der Waals surface area contributed by atoms with Gasteiger partial charge in [-0.05, 0) is 82.0 Å². The van der Waals surface area contributed by atoms with Gasteiger partial charge in [-0.1, -0.05) is 36.6 Å². The van der Waals surface area contributed by atoms with Crippen LogP contribution in [0.15, 0.2) is 73.3 Å². The van der Waals surface area contributed by atoms with Gasteiger partial charge in [-0.3, -0.25) is 4.79 Å². The normalized spacial score (nSPS) is 13.2. The highest BCUT2D eigenvalue weighted by molar-refractivity contribution is 6.11. The number of carbonyl (C=O) groups excluding carboxylic acids is 2. The molecule has 0 radical (unpaired) electrons. The standard InChI is InChI=1S/C38H35F2N7O4/c1-21-14-18-42-35(44-21)50-28-12-9-24(19-27(28)40)29-30-32(47(6)31(29)23-7-10-26(11-8-23)45-34(48)22(2)39)25(20-43-33(30)41)13-15-38(16-17-38)46-36(49)51-37(3,4)5/h7-12,14,18-20H,2,16-17H2,1,3-6H3,(H2,41,43)(H,45,48)(H,46,49). The predicted octanol–water partition coefficient (Wildman–Crippen LogP) is 7.35. The number of hydrogen-bond donors (Lipinski definition) is 3. The fourth-order valence-electron chi connectivity index (χ4n) is 5.53. The summed E-state index contributed by atoms with van der Waals surface area (Å²) >= 11 is 0. The Labute approximate surface area is 292 Å². The lowest BCUT2D eigenvalue weighted by atomic mass is 9.97. The molecule has 51 heavy (non-hydrogen) atoms. The molecular formula is C38H35F2N7O4. The Kier molecular flexibility index (Phi) is 8.95. The molecule has 0 atom stereocenters. The number of ether oxygens (including phenoxy) is 2. The van der Waals surface area contributed by atoms with Crippen molar-refractivity contribution >= 4 is 34.4 Å². The second-order valence-electron chi connectivity index (χ2n) is 13.2. The highest BCUT2D eigenvalue weighted by Gasteiger charge is 2.44. The maximum absolute atomic E-state index is 15.8. The van der Waals surface area contributed by atoms with E-state index in [1.807, 2.05) is 11.6 Å². The summed E-state index contributed by atoms with van der Waals surface area (Å²) in [7, 11) is 1.82. The van der Waals surface area contributed by atoms with Gasteiger partial charge < -0.3 is 30.4 Å². The summed E-state index contributed by atoms with van der Waals surface area (Å²) in [5, 5.41) is 5.85. The van der Waals surface area contributed by atoms with E-state index in [0.717, 1.165) is 0 Å². The molecule has 2 aromatic carbocycles. The van der Waals surface area contributed by atoms with E-state index in [9.17, 15) is 14.0 Å². The van der Waals surface area contributed by atoms with Crippen LogP contribution in [0.5, 0.6) is 11.8 Å². The van der Waals surface area contributed by atoms with Gasteiger partial charge >= 0.3 is 12.1 Å². The zero-order valence-corrected chi connectivity index (χ0v) is 28.6. The number of carbonyl (C=O) groups is 2. The van der Waals surface area contributed by atoms with Gasteiger partial charge in [0.1, 0.15) is 17.0 Å². The Balaban J connectivity index is 1.48. The maximum atomic E-state index is 15.8. The molecule has 260 valence electrons. The number of benzene rings is 2. The highest BCUT2D eigenvalue weighted by atomic mass is 19.1. The molecule has 0 spiro atoms. The second-order valence-corrected chi connectivity index (χ2v) is 13.2. The number of alkyl carbamates (subject to hydrolysis) is 1. The van der Waals surface area contributed by atoms with Crippen LogP contribution < -0.4 is 21.1 Å². The maximum Gasteiger partial charge on any atom is 0.408 e. The van der Waals surface area contributed by atoms with E-state index in [1.165, 1.54) is 18.3 Å². The quantitative estimate of drug-likeness (QED) is 0.119. The minimum absolute atomic E-state index is 0.00210. The number of aryl methyl sites for hydroxylation is 2. The van der Waals surface area contributed by atoms with Gasteiger partial charge in [-0.2, -0.15) is 0 Å². The molecule has 1 saturated carbocycles. The largest absolute Gasteiger partial charge is 0.444 e. The first-order chi connectivity index (χ1) is 24.1. The molecule has 0 saturated heterocycles. The molecule has 0 unspecified atom stereocenters. The molecular weight excluding hydrogens is 656 g/mol. The summed E-state index contributed by atoms with van der Waals surface area (Å²) in [6.07, 6.45) is 3.82. The third kappa shape index (κ3) is 7.50. The number of nitrogen functional groups attached to an aromatic ring is 1. The zero-order chi connectivity index (χ0) is 36.7. The fraction of sp³-hybridized carbons (Fsp3) is 0.237. The van der Waals surface area contributed by atoms with E-state index in [1.54, 1.807) is 70.3 Å². The van der Waals surface area contributed by atoms with Crippen LogP contribution in [0.2, 0.25) is 0 Å². The highest BCUT2D eigenvalue weighted by Crippen LogP contribution is 2.44. The zero-order valence-electron chi connectivity index (χ0n) is 28.6. The molecule has 3 heterocycles. The fourth-order valence-corrected chi connectivity index (χ4v) is 5.53. The van der Waals surface area contributed by atoms with Crippen LogP contribution in [-0.2, 0) is 16.6 Å². The number of rotatable bonds is 7. The van der Waals surface area contributed by atoms with Crippen molar-refractivity contribution in [3.8, 4) is 46.0 Å². The lowest BCUT2D eigenvalue weighted by Gasteiger charge is -2.21. The molecule has 0 bridgehead atoms. The van der Waals surface area contributed by atoms with Crippen LogP contribution in [0.1, 0.15) is 44.9 Å². The van der Waals surface area contributed by atoms with Crippen LogP contribution in [0.4, 0.5) is 25.1 Å². The molecule has 3 aromatic heterocycles. The van der Waals surface area contributed by atoms with Gasteiger partial charge in [-0.15, -0.1) is 0 Å². The predicted molar refractivity (Wildman–Crippen MR) is 190 cm³/mol. The molecule has 6 rings (SSSR count). The first kappa shape index (κ1) is 34.6. The Morgan fingerprint density at radius 1 is 1.08 bits per heavy atom. The smallest absolute Gasteiger partial charge is 0.408 e. The van der Waals surface area contributed by atoms with Gasteiger partial charge in [0.25, 0.3) is 5.91 Å². The summed E-state index contributed by atoms with van der Waals surface area (Å²) in [5.41, 5.74) is 9.59. The number of nitrogens with two attached hydrogens (primary N) is 1. The van der Waals surface area contributed by atoms with Crippen LogP contribution in [0.25, 0.3) is 33.3 Å². The lowest BCUT2D eigenvalue weighted by Crippen LogP contribution is -2.39. The summed E-state index contributed by atoms with van der Waals surface area (Å²) < 4.78 is 42.1. The Bertz CT molecular complexity index is 2280. The van der Waals surface area contributed by atoms with E-state index in [4.69, 9.17) is 15.2 Å². The summed E-state index contributed by atoms with van der Waals surface area (Å²) in [6, 6.07) is 12.9. The molecule has 1 aliphatic rings. The van der Waals surface area contributed by atoms with Crippen molar-refractivity contribution < 1.29 is 27.8 Å². The van der Waals surface area contributed by atoms with Crippen molar-refractivity contribution in [1.29, 1.82) is 0 Å². The van der Waals surface area contributed by atoms with E-state index in [0.29, 0.717) is 63.1 Å². The molecule has 4 N–H and O–H groups in total. The van der Waals surface area contributed by atoms with Crippen LogP contribution in [-0.4, -0.2) is 42.7 Å². The van der Waals surface area contributed by atoms with E-state index in [-0.39, 0.29) is 17.6 Å². The van der Waals surface area contributed by atoms with Crippen molar-refractivity contribution in [3.05, 3.63) is 90.4 Å². The lowest BCUT2D eigenvalue weighted by molar-refractivity contribution is -0.114. The Morgan fingerprint density at radius 2 is 1.78 bits per heavy atom. The van der Waals surface area contributed by atoms with Crippen molar-refractivity contribution in [2.24, 2.45) is 7.05 Å². The number of pyridine rings is 1. The van der Waals surface area contributed by atoms with E-state index < -0.39 is 34.8 Å². The summed E-state index contributed by atoms with van der Waals surface area (Å²) in [4.78, 5) is 37.2. The Morgan fingerprint density at radius 3 is 2.41 bits per heavy atom. The van der Waals surface area contributed by atoms with Gasteiger partial charge in [-0.25, -0.2) is 28.5 Å². The molecule has 5 aromatic rings. The third-order valence-electron chi connectivity index (χ3n) is 8.02. The summed E-state index contributed by atoms with van der Waals surface area (Å²) in [5.74, 6) is 3.76. The number of halogens is 2. The Hall–Kier alpha value is -6.29. The molecule has 0 aliphatic heterocycles. The number of fused-ring (bicyclic) bond motifs is 1. The van der Waals surface area contributed by atoms with Crippen LogP contribution in [0.3, 0.4) is 0 Å². The average molecular weight is 692 g/mol. The third-order valence-corrected chi connectivity index (χ3v) is 8.02. The van der Waals surface area contributed by atoms with E-state index >= 15 is 4.39 Å². The average Bonchev–Trinajstić information content (AvgIpc) is 3.74. The van der Waals surface area contributed by atoms with Crippen LogP contribution >= 0.6 is 0 Å². The molecule has 11 nitrogen and oxygen atoms in total. The van der Waals surface area contributed by atoms with Crippen molar-refractivity contribution in [1.82, 2.24) is 24.8 Å². The number of hydrogen-bond acceptors (Lipinski definition) is 8. The first-order valence-corrected chi connectivity index (χ1v) is 16.0. The molecule has 13 heteroatoms. The minimum atomic E-state index is -1.12. The van der Waals surface area contributed by atoms with Gasteiger partial charge in [0, 0.05) is 36.4 Å². The second kappa shape index (κ2) is 13.2. The van der Waals surface area contributed by atoms with Crippen molar-refractivity contribution in [2.75, 3.05) is 11.1 Å². The minimum Gasteiger partial charge on any atom is -0.444 e. The number of aromatic nitrogens is 4. The van der Waals surface area contributed by atoms with Crippen molar-refractivity contribution in [2.45, 2.75) is 51.7 Å². The SMILES string of the molecule is C=C(F)C(=O)Nc1ccc(-c2c(-c3ccc(Oc4nccc(C)n4)c(F)c3)c3c(N)ncc(C#CC4(NC(=O)OC(C)(C)C)CC4)c3n2C)cc1.